The molecule has 0 bridgehead atoms. The lowest BCUT2D eigenvalue weighted by atomic mass is 10.2. The fraction of sp³-hybridized carbons (Fsp3) is 0.583. The third-order valence-corrected chi connectivity index (χ3v) is 3.38. The molecule has 3 N–H and O–H groups in total. The summed E-state index contributed by atoms with van der Waals surface area (Å²) >= 11 is 0. The number of nitrogens with zero attached hydrogens (tertiary/aromatic N) is 3. The van der Waals surface area contributed by atoms with Crippen LogP contribution in [0.5, 0.6) is 0 Å². The molecule has 0 radical (unpaired) electrons. The molecule has 0 aromatic carbocycles. The number of carboxylic acids is 1. The van der Waals surface area contributed by atoms with E-state index in [0.717, 1.165) is 11.3 Å². The third-order valence-electron chi connectivity index (χ3n) is 3.38. The van der Waals surface area contributed by atoms with Gasteiger partial charge < -0.3 is 15.3 Å². The van der Waals surface area contributed by atoms with Crippen molar-refractivity contribution >= 4 is 12.0 Å². The van der Waals surface area contributed by atoms with Gasteiger partial charge in [0.25, 0.3) is 0 Å². The molecule has 8 nitrogen and oxygen atoms in total. The predicted molar refractivity (Wildman–Crippen MR) is 71.2 cm³/mol. The molecule has 110 valence electrons. The molecule has 0 atom stereocenters. The second-order valence-corrected chi connectivity index (χ2v) is 4.84. The van der Waals surface area contributed by atoms with Crippen molar-refractivity contribution in [3.8, 4) is 0 Å². The molecule has 2 rings (SSSR count). The minimum atomic E-state index is -0.835. The highest BCUT2D eigenvalue weighted by molar-refractivity contribution is 5.74. The van der Waals surface area contributed by atoms with Crippen LogP contribution in [0.3, 0.4) is 0 Å². The van der Waals surface area contributed by atoms with Crippen LogP contribution in [0.25, 0.3) is 0 Å². The van der Waals surface area contributed by atoms with E-state index in [-0.39, 0.29) is 12.6 Å². The fourth-order valence-electron chi connectivity index (χ4n) is 2.14. The quantitative estimate of drug-likeness (QED) is 0.699. The summed E-state index contributed by atoms with van der Waals surface area (Å²) in [5.41, 5.74) is 1.90. The van der Waals surface area contributed by atoms with E-state index >= 15 is 0 Å². The van der Waals surface area contributed by atoms with Crippen molar-refractivity contribution in [3.63, 3.8) is 0 Å². The SMILES string of the molecule is Cc1[nH]ncc1CNC(=O)N1CCN(CC(=O)O)CC1. The third kappa shape index (κ3) is 3.70. The smallest absolute Gasteiger partial charge is 0.317 e. The number of piperazine rings is 1. The number of aromatic amines is 1. The number of aliphatic carboxylic acids is 1. The molecule has 2 heterocycles. The minimum absolute atomic E-state index is 0.0314. The minimum Gasteiger partial charge on any atom is -0.480 e. The molecule has 1 aromatic heterocycles. The Balaban J connectivity index is 1.74. The van der Waals surface area contributed by atoms with Crippen molar-refractivity contribution in [2.24, 2.45) is 0 Å². The summed E-state index contributed by atoms with van der Waals surface area (Å²) in [6, 6.07) is -0.124. The van der Waals surface area contributed by atoms with Gasteiger partial charge in [0.2, 0.25) is 0 Å². The van der Waals surface area contributed by atoms with Gasteiger partial charge in [-0.3, -0.25) is 14.8 Å². The average Bonchev–Trinajstić information content (AvgIpc) is 2.82. The zero-order valence-electron chi connectivity index (χ0n) is 11.4. The van der Waals surface area contributed by atoms with Gasteiger partial charge in [0, 0.05) is 44.0 Å². The number of nitrogens with one attached hydrogen (secondary N) is 2. The van der Waals surface area contributed by atoms with Gasteiger partial charge >= 0.3 is 12.0 Å². The molecule has 8 heteroatoms. The second kappa shape index (κ2) is 6.38. The number of rotatable bonds is 4. The predicted octanol–water partition coefficient (Wildman–Crippen LogP) is -0.370. The molecular weight excluding hydrogens is 262 g/mol. The molecule has 1 saturated heterocycles. The first kappa shape index (κ1) is 14.3. The molecule has 1 aromatic rings. The summed E-state index contributed by atoms with van der Waals surface area (Å²) in [7, 11) is 0. The Kier molecular flexibility index (Phi) is 4.57. The Morgan fingerprint density at radius 3 is 2.65 bits per heavy atom. The van der Waals surface area contributed by atoms with Crippen molar-refractivity contribution in [1.29, 1.82) is 0 Å². The summed E-state index contributed by atoms with van der Waals surface area (Å²) < 4.78 is 0. The monoisotopic (exact) mass is 281 g/mol. The zero-order valence-corrected chi connectivity index (χ0v) is 11.4. The molecule has 0 unspecified atom stereocenters. The Hall–Kier alpha value is -2.09. The summed E-state index contributed by atoms with van der Waals surface area (Å²) in [6.07, 6.45) is 1.69. The van der Waals surface area contributed by atoms with E-state index in [1.54, 1.807) is 11.1 Å². The lowest BCUT2D eigenvalue weighted by Crippen LogP contribution is -2.52. The number of urea groups is 1. The maximum absolute atomic E-state index is 12.0. The van der Waals surface area contributed by atoms with Crippen LogP contribution in [0.1, 0.15) is 11.3 Å². The first-order chi connectivity index (χ1) is 9.56. The number of aromatic nitrogens is 2. The van der Waals surface area contributed by atoms with Crippen molar-refractivity contribution < 1.29 is 14.7 Å². The molecule has 1 fully saturated rings. The van der Waals surface area contributed by atoms with E-state index in [4.69, 9.17) is 5.11 Å². The first-order valence-electron chi connectivity index (χ1n) is 6.52. The second-order valence-electron chi connectivity index (χ2n) is 4.84. The maximum atomic E-state index is 12.0. The number of hydrogen-bond acceptors (Lipinski definition) is 4. The van der Waals surface area contributed by atoms with Crippen molar-refractivity contribution in [2.75, 3.05) is 32.7 Å². The topological polar surface area (TPSA) is 102 Å². The summed E-state index contributed by atoms with van der Waals surface area (Å²) in [5, 5.41) is 18.3. The van der Waals surface area contributed by atoms with Gasteiger partial charge in [0.15, 0.2) is 0 Å². The number of aryl methyl sites for hydroxylation is 1. The maximum Gasteiger partial charge on any atom is 0.317 e. The Labute approximate surface area is 116 Å². The molecule has 20 heavy (non-hydrogen) atoms. The lowest BCUT2D eigenvalue weighted by Gasteiger charge is -2.33. The van der Waals surface area contributed by atoms with Crippen molar-refractivity contribution in [3.05, 3.63) is 17.5 Å². The molecule has 2 amide bonds. The number of carbonyl (C=O) groups is 2. The van der Waals surface area contributed by atoms with Crippen LogP contribution in [0.2, 0.25) is 0 Å². The molecule has 1 aliphatic heterocycles. The highest BCUT2D eigenvalue weighted by atomic mass is 16.4. The highest BCUT2D eigenvalue weighted by Crippen LogP contribution is 2.04. The van der Waals surface area contributed by atoms with Gasteiger partial charge in [0.1, 0.15) is 0 Å². The van der Waals surface area contributed by atoms with Crippen LogP contribution in [0.4, 0.5) is 4.79 Å². The standard InChI is InChI=1S/C12H19N5O3/c1-9-10(7-14-15-9)6-13-12(20)17-4-2-16(3-5-17)8-11(18)19/h7H,2-6,8H2,1H3,(H,13,20)(H,14,15)(H,18,19). The molecule has 0 spiro atoms. The summed E-state index contributed by atoms with van der Waals surface area (Å²) in [6.45, 7) is 4.64. The number of hydrogen-bond donors (Lipinski definition) is 3. The van der Waals surface area contributed by atoms with Crippen LogP contribution < -0.4 is 5.32 Å². The number of carboxylic acid groups (broad SMARTS) is 1. The Morgan fingerprint density at radius 2 is 2.10 bits per heavy atom. The summed E-state index contributed by atoms with van der Waals surface area (Å²) in [5.74, 6) is -0.835. The largest absolute Gasteiger partial charge is 0.480 e. The zero-order chi connectivity index (χ0) is 14.5. The van der Waals surface area contributed by atoms with Gasteiger partial charge in [0.05, 0.1) is 12.7 Å². The van der Waals surface area contributed by atoms with Gasteiger partial charge in [-0.25, -0.2) is 4.79 Å². The van der Waals surface area contributed by atoms with Gasteiger partial charge in [-0.2, -0.15) is 5.10 Å². The Morgan fingerprint density at radius 1 is 1.40 bits per heavy atom. The normalized spacial score (nSPS) is 16.1. The van der Waals surface area contributed by atoms with E-state index in [1.165, 1.54) is 0 Å². The molecule has 0 aliphatic carbocycles. The van der Waals surface area contributed by atoms with Gasteiger partial charge in [-0.05, 0) is 6.92 Å². The van der Waals surface area contributed by atoms with Crippen LogP contribution >= 0.6 is 0 Å². The van der Waals surface area contributed by atoms with E-state index in [2.05, 4.69) is 15.5 Å². The van der Waals surface area contributed by atoms with Gasteiger partial charge in [-0.15, -0.1) is 0 Å². The molecule has 1 aliphatic rings. The Bertz CT molecular complexity index is 479. The van der Waals surface area contributed by atoms with Crippen molar-refractivity contribution in [1.82, 2.24) is 25.3 Å². The van der Waals surface area contributed by atoms with Crippen LogP contribution in [-0.2, 0) is 11.3 Å². The van der Waals surface area contributed by atoms with Crippen molar-refractivity contribution in [2.45, 2.75) is 13.5 Å². The molecular formula is C12H19N5O3. The van der Waals surface area contributed by atoms with Gasteiger partial charge in [-0.1, -0.05) is 0 Å². The fourth-order valence-corrected chi connectivity index (χ4v) is 2.14. The van der Waals surface area contributed by atoms with E-state index in [0.29, 0.717) is 32.7 Å². The first-order valence-corrected chi connectivity index (χ1v) is 6.52. The molecule has 0 saturated carbocycles. The number of H-pyrrole nitrogens is 1. The van der Waals surface area contributed by atoms with Crippen LogP contribution in [-0.4, -0.2) is 69.8 Å². The highest BCUT2D eigenvalue weighted by Gasteiger charge is 2.22. The van der Waals surface area contributed by atoms with Crippen LogP contribution in [0.15, 0.2) is 6.20 Å². The van der Waals surface area contributed by atoms with E-state index in [9.17, 15) is 9.59 Å². The number of carbonyl (C=O) groups excluding carboxylic acids is 1. The van der Waals surface area contributed by atoms with Crippen LogP contribution in [0, 0.1) is 6.92 Å². The summed E-state index contributed by atoms with van der Waals surface area (Å²) in [4.78, 5) is 26.1. The van der Waals surface area contributed by atoms with E-state index in [1.807, 2.05) is 11.8 Å². The lowest BCUT2D eigenvalue weighted by molar-refractivity contribution is -0.138. The average molecular weight is 281 g/mol. The number of amides is 2. The van der Waals surface area contributed by atoms with E-state index < -0.39 is 5.97 Å².